The number of aromatic amines is 1. The molecule has 1 unspecified atom stereocenters. The molecular formula is C20H19N3O. The smallest absolute Gasteiger partial charge is 0.227 e. The van der Waals surface area contributed by atoms with E-state index in [0.29, 0.717) is 6.42 Å². The molecule has 0 saturated carbocycles. The zero-order chi connectivity index (χ0) is 16.5. The number of H-pyrrole nitrogens is 1. The number of hydrogen-bond donors (Lipinski definition) is 1. The molecule has 1 atom stereocenters. The van der Waals surface area contributed by atoms with Crippen molar-refractivity contribution in [2.24, 2.45) is 0 Å². The van der Waals surface area contributed by atoms with Crippen molar-refractivity contribution in [2.45, 2.75) is 25.8 Å². The highest BCUT2D eigenvalue weighted by Crippen LogP contribution is 2.40. The molecule has 4 nitrogen and oxygen atoms in total. The van der Waals surface area contributed by atoms with Crippen LogP contribution in [0.2, 0.25) is 0 Å². The number of anilines is 1. The number of hydrogen-bond acceptors (Lipinski definition) is 2. The van der Waals surface area contributed by atoms with Crippen molar-refractivity contribution in [3.05, 3.63) is 72.2 Å². The molecule has 1 N–H and O–H groups in total. The maximum atomic E-state index is 12.5. The highest BCUT2D eigenvalue weighted by Gasteiger charge is 2.35. The SMILES string of the molecule is CCC(=O)N1c2ccccc2CC1c1ncc(-c2ccccc2)[nH]1. The summed E-state index contributed by atoms with van der Waals surface area (Å²) in [5, 5.41) is 0. The van der Waals surface area contributed by atoms with Crippen LogP contribution in [0.25, 0.3) is 11.3 Å². The number of nitrogens with zero attached hydrogens (tertiary/aromatic N) is 2. The number of carbonyl (C=O) groups is 1. The fourth-order valence-corrected chi connectivity index (χ4v) is 3.35. The molecule has 4 rings (SSSR count). The zero-order valence-electron chi connectivity index (χ0n) is 13.6. The summed E-state index contributed by atoms with van der Waals surface area (Å²) in [6.07, 6.45) is 3.13. The Balaban J connectivity index is 1.71. The van der Waals surface area contributed by atoms with E-state index in [9.17, 15) is 4.79 Å². The van der Waals surface area contributed by atoms with Crippen molar-refractivity contribution < 1.29 is 4.79 Å². The summed E-state index contributed by atoms with van der Waals surface area (Å²) in [5.74, 6) is 0.967. The molecule has 0 fully saturated rings. The Kier molecular flexibility index (Phi) is 3.65. The monoisotopic (exact) mass is 317 g/mol. The first-order valence-corrected chi connectivity index (χ1v) is 8.28. The fourth-order valence-electron chi connectivity index (χ4n) is 3.35. The van der Waals surface area contributed by atoms with E-state index in [1.54, 1.807) is 0 Å². The van der Waals surface area contributed by atoms with Crippen molar-refractivity contribution in [1.29, 1.82) is 0 Å². The van der Waals surface area contributed by atoms with Gasteiger partial charge >= 0.3 is 0 Å². The zero-order valence-corrected chi connectivity index (χ0v) is 13.6. The van der Waals surface area contributed by atoms with Gasteiger partial charge < -0.3 is 9.88 Å². The summed E-state index contributed by atoms with van der Waals surface area (Å²) in [7, 11) is 0. The van der Waals surface area contributed by atoms with Crippen LogP contribution in [0.5, 0.6) is 0 Å². The number of fused-ring (bicyclic) bond motifs is 1. The molecule has 2 aromatic carbocycles. The van der Waals surface area contributed by atoms with E-state index in [4.69, 9.17) is 0 Å². The minimum Gasteiger partial charge on any atom is -0.340 e. The van der Waals surface area contributed by atoms with Gasteiger partial charge in [-0.05, 0) is 17.2 Å². The molecule has 3 aromatic rings. The summed E-state index contributed by atoms with van der Waals surface area (Å²) in [4.78, 5) is 22.4. The second-order valence-electron chi connectivity index (χ2n) is 6.01. The molecule has 0 saturated heterocycles. The van der Waals surface area contributed by atoms with Gasteiger partial charge in [-0.1, -0.05) is 55.5 Å². The molecule has 0 aliphatic carbocycles. The van der Waals surface area contributed by atoms with Gasteiger partial charge in [0.15, 0.2) is 0 Å². The van der Waals surface area contributed by atoms with Crippen molar-refractivity contribution in [2.75, 3.05) is 4.90 Å². The van der Waals surface area contributed by atoms with Gasteiger partial charge in [-0.25, -0.2) is 4.98 Å². The Hall–Kier alpha value is -2.88. The molecule has 1 aromatic heterocycles. The van der Waals surface area contributed by atoms with Crippen LogP contribution in [0, 0.1) is 0 Å². The quantitative estimate of drug-likeness (QED) is 0.790. The van der Waals surface area contributed by atoms with E-state index in [1.807, 2.05) is 54.4 Å². The van der Waals surface area contributed by atoms with Crippen LogP contribution in [0.15, 0.2) is 60.8 Å². The largest absolute Gasteiger partial charge is 0.340 e. The van der Waals surface area contributed by atoms with Crippen molar-refractivity contribution in [3.63, 3.8) is 0 Å². The lowest BCUT2D eigenvalue weighted by Crippen LogP contribution is -2.32. The van der Waals surface area contributed by atoms with Gasteiger partial charge in [0.25, 0.3) is 0 Å². The lowest BCUT2D eigenvalue weighted by atomic mass is 10.1. The first-order chi connectivity index (χ1) is 11.8. The van der Waals surface area contributed by atoms with Gasteiger partial charge in [0.1, 0.15) is 5.82 Å². The second-order valence-corrected chi connectivity index (χ2v) is 6.01. The third-order valence-corrected chi connectivity index (χ3v) is 4.54. The molecular weight excluding hydrogens is 298 g/mol. The van der Waals surface area contributed by atoms with Crippen LogP contribution in [-0.4, -0.2) is 15.9 Å². The standard InChI is InChI=1S/C20H19N3O/c1-2-19(24)23-17-11-7-6-10-15(17)12-18(23)20-21-13-16(22-20)14-8-4-3-5-9-14/h3-11,13,18H,2,12H2,1H3,(H,21,22). The first-order valence-electron chi connectivity index (χ1n) is 8.28. The van der Waals surface area contributed by atoms with Gasteiger partial charge in [-0.3, -0.25) is 4.79 Å². The van der Waals surface area contributed by atoms with E-state index >= 15 is 0 Å². The predicted octanol–water partition coefficient (Wildman–Crippen LogP) is 4.12. The van der Waals surface area contributed by atoms with Gasteiger partial charge in [0.05, 0.1) is 17.9 Å². The topological polar surface area (TPSA) is 49.0 Å². The number of aromatic nitrogens is 2. The van der Waals surface area contributed by atoms with E-state index in [2.05, 4.69) is 28.2 Å². The molecule has 0 bridgehead atoms. The van der Waals surface area contributed by atoms with E-state index in [-0.39, 0.29) is 11.9 Å². The number of para-hydroxylation sites is 1. The summed E-state index contributed by atoms with van der Waals surface area (Å²) >= 11 is 0. The summed E-state index contributed by atoms with van der Waals surface area (Å²) in [6.45, 7) is 1.90. The van der Waals surface area contributed by atoms with Crippen molar-refractivity contribution in [1.82, 2.24) is 9.97 Å². The summed E-state index contributed by atoms with van der Waals surface area (Å²) in [6, 6.07) is 18.2. The number of rotatable bonds is 3. The molecule has 1 aliphatic heterocycles. The van der Waals surface area contributed by atoms with Crippen LogP contribution in [0.4, 0.5) is 5.69 Å². The molecule has 1 amide bonds. The van der Waals surface area contributed by atoms with Gasteiger partial charge in [-0.2, -0.15) is 0 Å². The van der Waals surface area contributed by atoms with Crippen molar-refractivity contribution in [3.8, 4) is 11.3 Å². The summed E-state index contributed by atoms with van der Waals surface area (Å²) in [5.41, 5.74) is 4.28. The predicted molar refractivity (Wildman–Crippen MR) is 94.7 cm³/mol. The lowest BCUT2D eigenvalue weighted by molar-refractivity contribution is -0.118. The summed E-state index contributed by atoms with van der Waals surface area (Å²) < 4.78 is 0. The lowest BCUT2D eigenvalue weighted by Gasteiger charge is -2.23. The minimum absolute atomic E-state index is 0.0627. The molecule has 24 heavy (non-hydrogen) atoms. The Labute approximate surface area is 141 Å². The Morgan fingerprint density at radius 1 is 1.17 bits per heavy atom. The molecule has 2 heterocycles. The average molecular weight is 317 g/mol. The molecule has 0 spiro atoms. The third kappa shape index (κ3) is 2.40. The van der Waals surface area contributed by atoms with Crippen LogP contribution in [-0.2, 0) is 11.2 Å². The Morgan fingerprint density at radius 3 is 2.71 bits per heavy atom. The maximum absolute atomic E-state index is 12.5. The second kappa shape index (κ2) is 5.96. The number of amides is 1. The molecule has 4 heteroatoms. The van der Waals surface area contributed by atoms with Crippen molar-refractivity contribution >= 4 is 11.6 Å². The number of imidazole rings is 1. The average Bonchev–Trinajstić information content (AvgIpc) is 3.26. The van der Waals surface area contributed by atoms with Gasteiger partial charge in [-0.15, -0.1) is 0 Å². The van der Waals surface area contributed by atoms with Crippen LogP contribution >= 0.6 is 0 Å². The third-order valence-electron chi connectivity index (χ3n) is 4.54. The number of benzene rings is 2. The van der Waals surface area contributed by atoms with Crippen LogP contribution < -0.4 is 4.90 Å². The van der Waals surface area contributed by atoms with Crippen LogP contribution in [0.3, 0.4) is 0 Å². The van der Waals surface area contributed by atoms with Gasteiger partial charge in [0, 0.05) is 18.5 Å². The highest BCUT2D eigenvalue weighted by molar-refractivity contribution is 5.96. The molecule has 0 radical (unpaired) electrons. The van der Waals surface area contributed by atoms with Crippen LogP contribution in [0.1, 0.15) is 30.8 Å². The first kappa shape index (κ1) is 14.7. The Morgan fingerprint density at radius 2 is 1.92 bits per heavy atom. The Bertz CT molecular complexity index is 869. The van der Waals surface area contributed by atoms with E-state index < -0.39 is 0 Å². The van der Waals surface area contributed by atoms with Gasteiger partial charge in [0.2, 0.25) is 5.91 Å². The highest BCUT2D eigenvalue weighted by atomic mass is 16.2. The molecule has 1 aliphatic rings. The maximum Gasteiger partial charge on any atom is 0.227 e. The fraction of sp³-hybridized carbons (Fsp3) is 0.200. The number of carbonyl (C=O) groups excluding carboxylic acids is 1. The van der Waals surface area contributed by atoms with E-state index in [1.165, 1.54) is 5.56 Å². The normalized spacial score (nSPS) is 16.2. The van der Waals surface area contributed by atoms with E-state index in [0.717, 1.165) is 29.2 Å². The number of nitrogens with one attached hydrogen (secondary N) is 1. The minimum atomic E-state index is -0.0627. The molecule has 120 valence electrons.